The van der Waals surface area contributed by atoms with Gasteiger partial charge in [0.2, 0.25) is 0 Å². The minimum Gasteiger partial charge on any atom is -0.480 e. The molecule has 2 N–H and O–H groups in total. The first-order valence-corrected chi connectivity index (χ1v) is 6.06. The van der Waals surface area contributed by atoms with Gasteiger partial charge >= 0.3 is 5.97 Å². The van der Waals surface area contributed by atoms with E-state index in [4.69, 9.17) is 5.11 Å². The van der Waals surface area contributed by atoms with Crippen LogP contribution in [0.4, 0.5) is 0 Å². The van der Waals surface area contributed by atoms with E-state index in [2.05, 4.69) is 5.32 Å². The Morgan fingerprint density at radius 1 is 1.33 bits per heavy atom. The van der Waals surface area contributed by atoms with Gasteiger partial charge in [0, 0.05) is 5.56 Å². The van der Waals surface area contributed by atoms with Crippen molar-refractivity contribution in [3.05, 3.63) is 35.4 Å². The molecule has 0 bridgehead atoms. The van der Waals surface area contributed by atoms with Crippen LogP contribution >= 0.6 is 0 Å². The van der Waals surface area contributed by atoms with Crippen molar-refractivity contribution in [2.45, 2.75) is 33.2 Å². The summed E-state index contributed by atoms with van der Waals surface area (Å²) < 4.78 is 0. The Labute approximate surface area is 107 Å². The first-order chi connectivity index (χ1) is 8.47. The second-order valence-corrected chi connectivity index (χ2v) is 4.49. The minimum absolute atomic E-state index is 0.101. The van der Waals surface area contributed by atoms with Crippen LogP contribution in [0.2, 0.25) is 0 Å². The summed E-state index contributed by atoms with van der Waals surface area (Å²) in [5, 5.41) is 11.7. The van der Waals surface area contributed by atoms with Crippen LogP contribution in [0.25, 0.3) is 0 Å². The number of hydrogen-bond donors (Lipinski definition) is 2. The molecule has 4 nitrogen and oxygen atoms in total. The first-order valence-electron chi connectivity index (χ1n) is 6.06. The maximum atomic E-state index is 12.0. The number of rotatable bonds is 5. The highest BCUT2D eigenvalue weighted by atomic mass is 16.4. The summed E-state index contributed by atoms with van der Waals surface area (Å²) in [7, 11) is 0. The lowest BCUT2D eigenvalue weighted by Gasteiger charge is -2.20. The molecule has 0 spiro atoms. The molecule has 0 unspecified atom stereocenters. The lowest BCUT2D eigenvalue weighted by molar-refractivity contribution is -0.140. The van der Waals surface area contributed by atoms with Crippen LogP contribution in [0.1, 0.15) is 36.2 Å². The van der Waals surface area contributed by atoms with Gasteiger partial charge in [0.15, 0.2) is 0 Å². The van der Waals surface area contributed by atoms with Crippen LogP contribution in [-0.4, -0.2) is 23.0 Å². The third kappa shape index (κ3) is 3.32. The van der Waals surface area contributed by atoms with Crippen LogP contribution < -0.4 is 5.32 Å². The number of aliphatic carboxylic acids is 1. The molecule has 4 heteroatoms. The predicted octanol–water partition coefficient (Wildman–Crippen LogP) is 2.22. The molecule has 1 aromatic carbocycles. The standard InChI is InChI=1S/C14H19NO3/c1-4-9(2)12(14(17)18)15-13(16)11-8-6-5-7-10(11)3/h5-9,12H,4H2,1-3H3,(H,15,16)(H,17,18)/t9-,12-/m0/s1. The zero-order chi connectivity index (χ0) is 13.7. The molecular formula is C14H19NO3. The Morgan fingerprint density at radius 2 is 1.94 bits per heavy atom. The number of carboxylic acid groups (broad SMARTS) is 1. The second kappa shape index (κ2) is 6.19. The highest BCUT2D eigenvalue weighted by molar-refractivity contribution is 5.97. The smallest absolute Gasteiger partial charge is 0.326 e. The number of amides is 1. The fourth-order valence-corrected chi connectivity index (χ4v) is 1.73. The fraction of sp³-hybridized carbons (Fsp3) is 0.429. The molecule has 0 aromatic heterocycles. The SMILES string of the molecule is CC[C@H](C)[C@H](NC(=O)c1ccccc1C)C(=O)O. The van der Waals surface area contributed by atoms with Crippen LogP contribution in [0.3, 0.4) is 0 Å². The predicted molar refractivity (Wildman–Crippen MR) is 69.5 cm³/mol. The number of benzene rings is 1. The van der Waals surface area contributed by atoms with Crippen LogP contribution in [-0.2, 0) is 4.79 Å². The van der Waals surface area contributed by atoms with Crippen molar-refractivity contribution in [2.75, 3.05) is 0 Å². The second-order valence-electron chi connectivity index (χ2n) is 4.49. The summed E-state index contributed by atoms with van der Waals surface area (Å²) in [6.45, 7) is 5.55. The van der Waals surface area contributed by atoms with Crippen molar-refractivity contribution in [3.63, 3.8) is 0 Å². The summed E-state index contributed by atoms with van der Waals surface area (Å²) in [5.74, 6) is -1.43. The number of aryl methyl sites for hydroxylation is 1. The Hall–Kier alpha value is -1.84. The van der Waals surface area contributed by atoms with Crippen molar-refractivity contribution in [3.8, 4) is 0 Å². The lowest BCUT2D eigenvalue weighted by Crippen LogP contribution is -2.45. The van der Waals surface area contributed by atoms with E-state index >= 15 is 0 Å². The van der Waals surface area contributed by atoms with Gasteiger partial charge in [-0.05, 0) is 24.5 Å². The molecule has 2 atom stereocenters. The molecular weight excluding hydrogens is 230 g/mol. The van der Waals surface area contributed by atoms with Crippen LogP contribution in [0.5, 0.6) is 0 Å². The van der Waals surface area contributed by atoms with E-state index in [1.165, 1.54) is 0 Å². The molecule has 0 aliphatic carbocycles. The van der Waals surface area contributed by atoms with Gasteiger partial charge in [0.25, 0.3) is 5.91 Å². The molecule has 0 radical (unpaired) electrons. The van der Waals surface area contributed by atoms with E-state index in [9.17, 15) is 9.59 Å². The highest BCUT2D eigenvalue weighted by Gasteiger charge is 2.25. The molecule has 1 amide bonds. The maximum Gasteiger partial charge on any atom is 0.326 e. The Kier molecular flexibility index (Phi) is 4.89. The molecule has 1 rings (SSSR count). The van der Waals surface area contributed by atoms with Crippen LogP contribution in [0, 0.1) is 12.8 Å². The highest BCUT2D eigenvalue weighted by Crippen LogP contribution is 2.11. The number of carboxylic acids is 1. The summed E-state index contributed by atoms with van der Waals surface area (Å²) in [4.78, 5) is 23.2. The van der Waals surface area contributed by atoms with E-state index < -0.39 is 12.0 Å². The van der Waals surface area contributed by atoms with Crippen molar-refractivity contribution in [1.82, 2.24) is 5.32 Å². The Morgan fingerprint density at radius 3 is 2.44 bits per heavy atom. The quantitative estimate of drug-likeness (QED) is 0.841. The average Bonchev–Trinajstić information content (AvgIpc) is 2.35. The number of nitrogens with one attached hydrogen (secondary N) is 1. The van der Waals surface area contributed by atoms with Gasteiger partial charge in [0.1, 0.15) is 6.04 Å². The molecule has 18 heavy (non-hydrogen) atoms. The summed E-state index contributed by atoms with van der Waals surface area (Å²) >= 11 is 0. The zero-order valence-electron chi connectivity index (χ0n) is 10.9. The molecule has 0 heterocycles. The molecule has 0 saturated carbocycles. The topological polar surface area (TPSA) is 66.4 Å². The van der Waals surface area contributed by atoms with E-state index in [1.807, 2.05) is 32.9 Å². The van der Waals surface area contributed by atoms with Crippen molar-refractivity contribution in [2.24, 2.45) is 5.92 Å². The molecule has 0 aliphatic heterocycles. The average molecular weight is 249 g/mol. The van der Waals surface area contributed by atoms with Crippen LogP contribution in [0.15, 0.2) is 24.3 Å². The third-order valence-electron chi connectivity index (χ3n) is 3.16. The van der Waals surface area contributed by atoms with Gasteiger partial charge in [-0.3, -0.25) is 4.79 Å². The first kappa shape index (κ1) is 14.2. The Balaban J connectivity index is 2.86. The normalized spacial score (nSPS) is 13.7. The molecule has 98 valence electrons. The van der Waals surface area contributed by atoms with Gasteiger partial charge in [0.05, 0.1) is 0 Å². The maximum absolute atomic E-state index is 12.0. The van der Waals surface area contributed by atoms with Gasteiger partial charge in [-0.1, -0.05) is 38.5 Å². The van der Waals surface area contributed by atoms with Crippen molar-refractivity contribution in [1.29, 1.82) is 0 Å². The van der Waals surface area contributed by atoms with Crippen molar-refractivity contribution < 1.29 is 14.7 Å². The van der Waals surface area contributed by atoms with Gasteiger partial charge < -0.3 is 10.4 Å². The van der Waals surface area contributed by atoms with E-state index in [-0.39, 0.29) is 11.8 Å². The van der Waals surface area contributed by atoms with Gasteiger partial charge in [-0.2, -0.15) is 0 Å². The summed E-state index contributed by atoms with van der Waals surface area (Å²) in [6.07, 6.45) is 0.699. The molecule has 0 aliphatic rings. The third-order valence-corrected chi connectivity index (χ3v) is 3.16. The largest absolute Gasteiger partial charge is 0.480 e. The van der Waals surface area contributed by atoms with E-state index in [0.29, 0.717) is 12.0 Å². The minimum atomic E-state index is -0.994. The molecule has 0 saturated heterocycles. The van der Waals surface area contributed by atoms with E-state index in [0.717, 1.165) is 5.56 Å². The molecule has 0 fully saturated rings. The Bertz CT molecular complexity index is 442. The lowest BCUT2D eigenvalue weighted by atomic mass is 9.98. The summed E-state index contributed by atoms with van der Waals surface area (Å²) in [6, 6.07) is 6.28. The fourth-order valence-electron chi connectivity index (χ4n) is 1.73. The number of carbonyl (C=O) groups is 2. The number of carbonyl (C=O) groups excluding carboxylic acids is 1. The number of hydrogen-bond acceptors (Lipinski definition) is 2. The van der Waals surface area contributed by atoms with Gasteiger partial charge in [-0.25, -0.2) is 4.79 Å². The van der Waals surface area contributed by atoms with Gasteiger partial charge in [-0.15, -0.1) is 0 Å². The van der Waals surface area contributed by atoms with Crippen molar-refractivity contribution >= 4 is 11.9 Å². The summed E-state index contributed by atoms with van der Waals surface area (Å²) in [5.41, 5.74) is 1.36. The van der Waals surface area contributed by atoms with E-state index in [1.54, 1.807) is 12.1 Å². The monoisotopic (exact) mass is 249 g/mol. The zero-order valence-corrected chi connectivity index (χ0v) is 10.9. The molecule has 1 aromatic rings.